The molecule has 0 bridgehead atoms. The summed E-state index contributed by atoms with van der Waals surface area (Å²) in [5.41, 5.74) is 1.24. The lowest BCUT2D eigenvalue weighted by Crippen LogP contribution is -2.37. The topological polar surface area (TPSA) is 45.7 Å². The van der Waals surface area contributed by atoms with Gasteiger partial charge in [0.05, 0.1) is 0 Å². The van der Waals surface area contributed by atoms with Gasteiger partial charge in [-0.15, -0.1) is 0 Å². The summed E-state index contributed by atoms with van der Waals surface area (Å²) in [4.78, 5) is 4.22. The van der Waals surface area contributed by atoms with Crippen molar-refractivity contribution in [2.24, 2.45) is 4.99 Å². The average Bonchev–Trinajstić information content (AvgIpc) is 2.54. The van der Waals surface area contributed by atoms with Crippen molar-refractivity contribution < 1.29 is 4.74 Å². The number of nitrogens with one attached hydrogen (secondary N) is 2. The van der Waals surface area contributed by atoms with Gasteiger partial charge in [-0.05, 0) is 28.8 Å². The Morgan fingerprint density at radius 3 is 2.67 bits per heavy atom. The fourth-order valence-corrected chi connectivity index (χ4v) is 2.18. The van der Waals surface area contributed by atoms with E-state index in [9.17, 15) is 0 Å². The molecule has 2 aromatic carbocycles. The predicted octanol–water partition coefficient (Wildman–Crippen LogP) is 2.54. The maximum Gasteiger partial charge on any atom is 0.191 e. The second kappa shape index (κ2) is 8.27. The lowest BCUT2D eigenvalue weighted by atomic mass is 10.1. The molecule has 0 heterocycles. The van der Waals surface area contributed by atoms with E-state index in [0.29, 0.717) is 0 Å². The van der Waals surface area contributed by atoms with E-state index >= 15 is 0 Å². The van der Waals surface area contributed by atoms with Crippen molar-refractivity contribution in [3.05, 3.63) is 48.0 Å². The molecule has 21 heavy (non-hydrogen) atoms. The number of rotatable bonds is 6. The monoisotopic (exact) mass is 285 g/mol. The molecule has 112 valence electrons. The second-order valence-electron chi connectivity index (χ2n) is 4.88. The lowest BCUT2D eigenvalue weighted by Gasteiger charge is -2.12. The Morgan fingerprint density at radius 1 is 1.10 bits per heavy atom. The van der Waals surface area contributed by atoms with Gasteiger partial charge in [-0.2, -0.15) is 0 Å². The van der Waals surface area contributed by atoms with Gasteiger partial charge in [0.2, 0.25) is 0 Å². The molecule has 0 spiro atoms. The first-order valence-corrected chi connectivity index (χ1v) is 7.24. The van der Waals surface area contributed by atoms with Crippen LogP contribution in [-0.2, 0) is 11.3 Å². The number of hydrogen-bond donors (Lipinski definition) is 2. The molecule has 0 amide bonds. The summed E-state index contributed by atoms with van der Waals surface area (Å²) < 4.78 is 5.03. The van der Waals surface area contributed by atoms with Crippen molar-refractivity contribution >= 4 is 16.7 Å². The third kappa shape index (κ3) is 4.76. The van der Waals surface area contributed by atoms with E-state index in [1.54, 1.807) is 14.2 Å². The molecular formula is C17H23N3O. The summed E-state index contributed by atoms with van der Waals surface area (Å²) in [5.74, 6) is 0.819. The molecule has 2 N–H and O–H groups in total. The quantitative estimate of drug-likeness (QED) is 0.487. The van der Waals surface area contributed by atoms with E-state index in [1.165, 1.54) is 16.3 Å². The van der Waals surface area contributed by atoms with E-state index in [0.717, 1.165) is 32.1 Å². The van der Waals surface area contributed by atoms with Crippen molar-refractivity contribution in [3.8, 4) is 0 Å². The Bertz CT molecular complexity index is 595. The van der Waals surface area contributed by atoms with E-state index < -0.39 is 0 Å². The first-order valence-electron chi connectivity index (χ1n) is 7.24. The molecular weight excluding hydrogens is 262 g/mol. The highest BCUT2D eigenvalue weighted by molar-refractivity contribution is 5.83. The van der Waals surface area contributed by atoms with Gasteiger partial charge in [0.15, 0.2) is 5.96 Å². The summed E-state index contributed by atoms with van der Waals surface area (Å²) in [6, 6.07) is 14.9. The zero-order valence-electron chi connectivity index (χ0n) is 12.7. The summed E-state index contributed by atoms with van der Waals surface area (Å²) in [7, 11) is 3.50. The largest absolute Gasteiger partial charge is 0.385 e. The molecule has 0 aromatic heterocycles. The van der Waals surface area contributed by atoms with Crippen LogP contribution in [0.1, 0.15) is 12.0 Å². The third-order valence-corrected chi connectivity index (χ3v) is 3.32. The third-order valence-electron chi connectivity index (χ3n) is 3.32. The average molecular weight is 285 g/mol. The fraction of sp³-hybridized carbons (Fsp3) is 0.353. The molecule has 0 aliphatic heterocycles. The van der Waals surface area contributed by atoms with E-state index in [1.807, 2.05) is 0 Å². The van der Waals surface area contributed by atoms with E-state index in [-0.39, 0.29) is 0 Å². The number of benzene rings is 2. The minimum Gasteiger partial charge on any atom is -0.385 e. The van der Waals surface area contributed by atoms with Crippen LogP contribution in [0.15, 0.2) is 47.5 Å². The number of ether oxygens (including phenoxy) is 1. The molecule has 0 saturated heterocycles. The summed E-state index contributed by atoms with van der Waals surface area (Å²) in [5, 5.41) is 9.13. The number of guanidine groups is 1. The van der Waals surface area contributed by atoms with Crippen LogP contribution in [0.5, 0.6) is 0 Å². The molecule has 0 unspecified atom stereocenters. The molecule has 0 radical (unpaired) electrons. The minimum absolute atomic E-state index is 0.759. The SMILES string of the molecule is CN=C(NCCCOC)NCc1ccc2ccccc2c1. The Labute approximate surface area is 126 Å². The highest BCUT2D eigenvalue weighted by Gasteiger charge is 1.99. The highest BCUT2D eigenvalue weighted by Crippen LogP contribution is 2.15. The maximum atomic E-state index is 5.03. The standard InChI is InChI=1S/C17H23N3O/c1-18-17(19-10-5-11-21-2)20-13-14-8-9-15-6-3-4-7-16(15)12-14/h3-4,6-9,12H,5,10-11,13H2,1-2H3,(H2,18,19,20). The normalized spacial score (nSPS) is 11.6. The lowest BCUT2D eigenvalue weighted by molar-refractivity contribution is 0.195. The summed E-state index contributed by atoms with van der Waals surface area (Å²) >= 11 is 0. The number of aliphatic imine (C=N–C) groups is 1. The van der Waals surface area contributed by atoms with Crippen molar-refractivity contribution in [2.75, 3.05) is 27.3 Å². The number of nitrogens with zero attached hydrogens (tertiary/aromatic N) is 1. The fourth-order valence-electron chi connectivity index (χ4n) is 2.18. The van der Waals surface area contributed by atoms with Crippen LogP contribution in [0.25, 0.3) is 10.8 Å². The number of methoxy groups -OCH3 is 1. The van der Waals surface area contributed by atoms with Crippen molar-refractivity contribution in [1.29, 1.82) is 0 Å². The highest BCUT2D eigenvalue weighted by atomic mass is 16.5. The predicted molar refractivity (Wildman–Crippen MR) is 88.6 cm³/mol. The van der Waals surface area contributed by atoms with Crippen LogP contribution >= 0.6 is 0 Å². The van der Waals surface area contributed by atoms with Crippen LogP contribution in [0.3, 0.4) is 0 Å². The van der Waals surface area contributed by atoms with Crippen molar-refractivity contribution in [3.63, 3.8) is 0 Å². The van der Waals surface area contributed by atoms with Crippen LogP contribution in [0.4, 0.5) is 0 Å². The minimum atomic E-state index is 0.759. The summed E-state index contributed by atoms with van der Waals surface area (Å²) in [6.45, 7) is 2.37. The van der Waals surface area contributed by atoms with E-state index in [2.05, 4.69) is 58.1 Å². The van der Waals surface area contributed by atoms with Gasteiger partial charge in [0, 0.05) is 33.9 Å². The van der Waals surface area contributed by atoms with Gasteiger partial charge in [-0.25, -0.2) is 0 Å². The smallest absolute Gasteiger partial charge is 0.191 e. The Morgan fingerprint density at radius 2 is 1.90 bits per heavy atom. The van der Waals surface area contributed by atoms with Crippen LogP contribution < -0.4 is 10.6 Å². The Kier molecular flexibility index (Phi) is 6.03. The second-order valence-corrected chi connectivity index (χ2v) is 4.88. The maximum absolute atomic E-state index is 5.03. The van der Waals surface area contributed by atoms with Crippen molar-refractivity contribution in [1.82, 2.24) is 10.6 Å². The van der Waals surface area contributed by atoms with Gasteiger partial charge in [0.1, 0.15) is 0 Å². The van der Waals surface area contributed by atoms with Crippen LogP contribution in [0.2, 0.25) is 0 Å². The molecule has 0 aliphatic rings. The molecule has 2 aromatic rings. The van der Waals surface area contributed by atoms with Crippen molar-refractivity contribution in [2.45, 2.75) is 13.0 Å². The van der Waals surface area contributed by atoms with E-state index in [4.69, 9.17) is 4.74 Å². The molecule has 0 atom stereocenters. The first kappa shape index (κ1) is 15.3. The number of fused-ring (bicyclic) bond motifs is 1. The zero-order chi connectivity index (χ0) is 14.9. The van der Waals surface area contributed by atoms with Gasteiger partial charge in [-0.1, -0.05) is 36.4 Å². The molecule has 2 rings (SSSR count). The van der Waals surface area contributed by atoms with Crippen LogP contribution in [-0.4, -0.2) is 33.3 Å². The zero-order valence-corrected chi connectivity index (χ0v) is 12.7. The van der Waals surface area contributed by atoms with Gasteiger partial charge >= 0.3 is 0 Å². The molecule has 4 nitrogen and oxygen atoms in total. The Hall–Kier alpha value is -2.07. The van der Waals surface area contributed by atoms with Gasteiger partial charge in [0.25, 0.3) is 0 Å². The molecule has 4 heteroatoms. The van der Waals surface area contributed by atoms with Gasteiger partial charge < -0.3 is 15.4 Å². The first-order chi connectivity index (χ1) is 10.3. The number of hydrogen-bond acceptors (Lipinski definition) is 2. The molecule has 0 aliphatic carbocycles. The summed E-state index contributed by atoms with van der Waals surface area (Å²) in [6.07, 6.45) is 0.965. The van der Waals surface area contributed by atoms with Crippen LogP contribution in [0, 0.1) is 0 Å². The molecule has 0 saturated carbocycles. The van der Waals surface area contributed by atoms with Gasteiger partial charge in [-0.3, -0.25) is 4.99 Å². The molecule has 0 fully saturated rings. The Balaban J connectivity index is 1.87.